The van der Waals surface area contributed by atoms with Gasteiger partial charge in [0.15, 0.2) is 0 Å². The molecule has 1 rings (SSSR count). The van der Waals surface area contributed by atoms with E-state index in [0.29, 0.717) is 18.9 Å². The molecule has 0 aromatic heterocycles. The van der Waals surface area contributed by atoms with E-state index >= 15 is 0 Å². The second-order valence-electron chi connectivity index (χ2n) is 7.37. The summed E-state index contributed by atoms with van der Waals surface area (Å²) in [4.78, 5) is 12.5. The molecule has 4 N–H and O–H groups in total. The number of carbonyl (C=O) groups excluding carboxylic acids is 1. The number of carbonyl (C=O) groups is 1. The highest BCUT2D eigenvalue weighted by atomic mass is 16.3. The lowest BCUT2D eigenvalue weighted by atomic mass is 9.61. The first-order valence-electron chi connectivity index (χ1n) is 7.87. The van der Waals surface area contributed by atoms with Crippen LogP contribution in [-0.2, 0) is 4.79 Å². The van der Waals surface area contributed by atoms with Crippen LogP contribution in [0.5, 0.6) is 0 Å². The summed E-state index contributed by atoms with van der Waals surface area (Å²) in [6, 6.07) is 0.178. The molecule has 118 valence electrons. The zero-order valence-electron chi connectivity index (χ0n) is 13.7. The van der Waals surface area contributed by atoms with Gasteiger partial charge in [0, 0.05) is 18.5 Å². The van der Waals surface area contributed by atoms with Crippen molar-refractivity contribution in [1.82, 2.24) is 5.32 Å². The minimum Gasteiger partial charge on any atom is -0.388 e. The van der Waals surface area contributed by atoms with E-state index in [1.165, 1.54) is 0 Å². The van der Waals surface area contributed by atoms with Gasteiger partial charge in [-0.2, -0.15) is 0 Å². The van der Waals surface area contributed by atoms with Crippen LogP contribution in [0.2, 0.25) is 0 Å². The van der Waals surface area contributed by atoms with Crippen LogP contribution in [-0.4, -0.2) is 29.2 Å². The predicted octanol–water partition coefficient (Wildman–Crippen LogP) is 2.05. The summed E-state index contributed by atoms with van der Waals surface area (Å²) in [7, 11) is 0. The molecule has 0 spiro atoms. The van der Waals surface area contributed by atoms with Crippen molar-refractivity contribution in [2.75, 3.05) is 6.54 Å². The van der Waals surface area contributed by atoms with Crippen molar-refractivity contribution < 1.29 is 9.90 Å². The van der Waals surface area contributed by atoms with Crippen LogP contribution in [0.3, 0.4) is 0 Å². The molecular weight excluding hydrogens is 252 g/mol. The molecule has 0 bridgehead atoms. The monoisotopic (exact) mass is 284 g/mol. The van der Waals surface area contributed by atoms with Gasteiger partial charge in [0.25, 0.3) is 0 Å². The van der Waals surface area contributed by atoms with Crippen LogP contribution >= 0.6 is 0 Å². The first-order chi connectivity index (χ1) is 9.12. The molecule has 4 atom stereocenters. The number of hydrogen-bond donors (Lipinski definition) is 3. The van der Waals surface area contributed by atoms with Crippen LogP contribution in [0.4, 0.5) is 0 Å². The molecule has 0 aromatic carbocycles. The number of hydrogen-bond acceptors (Lipinski definition) is 3. The number of amides is 1. The average Bonchev–Trinajstić information content (AvgIpc) is 2.33. The summed E-state index contributed by atoms with van der Waals surface area (Å²) in [6.45, 7) is 10.5. The molecule has 4 nitrogen and oxygen atoms in total. The Kier molecular flexibility index (Phi) is 5.61. The Morgan fingerprint density at radius 2 is 2.05 bits per heavy atom. The van der Waals surface area contributed by atoms with Crippen molar-refractivity contribution in [3.05, 3.63) is 0 Å². The summed E-state index contributed by atoms with van der Waals surface area (Å²) in [5.74, 6) is 0.364. The van der Waals surface area contributed by atoms with E-state index < -0.39 is 5.60 Å². The average molecular weight is 284 g/mol. The summed E-state index contributed by atoms with van der Waals surface area (Å²) in [5.41, 5.74) is 5.21. The van der Waals surface area contributed by atoms with Crippen molar-refractivity contribution in [2.45, 2.75) is 71.9 Å². The van der Waals surface area contributed by atoms with E-state index in [-0.39, 0.29) is 23.3 Å². The molecule has 1 saturated carbocycles. The van der Waals surface area contributed by atoms with E-state index in [1.807, 2.05) is 6.92 Å². The van der Waals surface area contributed by atoms with Crippen LogP contribution < -0.4 is 11.1 Å². The predicted molar refractivity (Wildman–Crippen MR) is 82.2 cm³/mol. The molecule has 1 amide bonds. The Labute approximate surface area is 123 Å². The van der Waals surface area contributed by atoms with Crippen LogP contribution in [0, 0.1) is 17.3 Å². The molecule has 4 heteroatoms. The maximum atomic E-state index is 12.5. The standard InChI is InChI=1S/C16H32N2O2/c1-6-9-16(5,20)10-18-14(19)12-7-8-13(17)11(2)15(12,3)4/h11-13,20H,6-10,17H2,1-5H3,(H,18,19). The van der Waals surface area contributed by atoms with Gasteiger partial charge in [0.1, 0.15) is 0 Å². The van der Waals surface area contributed by atoms with Gasteiger partial charge in [-0.3, -0.25) is 4.79 Å². The highest BCUT2D eigenvalue weighted by Crippen LogP contribution is 2.44. The Balaban J connectivity index is 2.63. The number of nitrogens with one attached hydrogen (secondary N) is 1. The lowest BCUT2D eigenvalue weighted by Gasteiger charge is -2.46. The Hall–Kier alpha value is -0.610. The first-order valence-corrected chi connectivity index (χ1v) is 7.87. The SMILES string of the molecule is CCCC(C)(O)CNC(=O)C1CCC(N)C(C)C1(C)C. The van der Waals surface area contributed by atoms with Crippen molar-refractivity contribution in [1.29, 1.82) is 0 Å². The maximum absolute atomic E-state index is 12.5. The summed E-state index contributed by atoms with van der Waals surface area (Å²) >= 11 is 0. The lowest BCUT2D eigenvalue weighted by Crippen LogP contribution is -2.53. The minimum absolute atomic E-state index is 0.0188. The van der Waals surface area contributed by atoms with Gasteiger partial charge in [0.05, 0.1) is 5.60 Å². The van der Waals surface area contributed by atoms with Gasteiger partial charge in [-0.05, 0) is 37.5 Å². The van der Waals surface area contributed by atoms with Crippen LogP contribution in [0.1, 0.15) is 60.3 Å². The fraction of sp³-hybridized carbons (Fsp3) is 0.938. The molecule has 1 aliphatic carbocycles. The largest absolute Gasteiger partial charge is 0.388 e. The van der Waals surface area contributed by atoms with Crippen molar-refractivity contribution in [3.8, 4) is 0 Å². The van der Waals surface area contributed by atoms with Gasteiger partial charge in [-0.1, -0.05) is 34.1 Å². The zero-order valence-corrected chi connectivity index (χ0v) is 13.7. The fourth-order valence-electron chi connectivity index (χ4n) is 3.35. The van der Waals surface area contributed by atoms with E-state index in [9.17, 15) is 9.90 Å². The molecular formula is C16H32N2O2. The molecule has 4 unspecified atom stereocenters. The highest BCUT2D eigenvalue weighted by Gasteiger charge is 2.45. The Bertz CT molecular complexity index is 339. The smallest absolute Gasteiger partial charge is 0.223 e. The third-order valence-corrected chi connectivity index (χ3v) is 5.25. The minimum atomic E-state index is -0.814. The molecule has 1 aliphatic rings. The van der Waals surface area contributed by atoms with E-state index in [1.54, 1.807) is 6.92 Å². The summed E-state index contributed by atoms with van der Waals surface area (Å²) in [6.07, 6.45) is 3.33. The molecule has 1 fully saturated rings. The topological polar surface area (TPSA) is 75.3 Å². The third-order valence-electron chi connectivity index (χ3n) is 5.25. The molecule has 0 aromatic rings. The van der Waals surface area contributed by atoms with Crippen molar-refractivity contribution in [3.63, 3.8) is 0 Å². The van der Waals surface area contributed by atoms with Crippen molar-refractivity contribution >= 4 is 5.91 Å². The normalized spacial score (nSPS) is 32.5. The van der Waals surface area contributed by atoms with Gasteiger partial charge >= 0.3 is 0 Å². The number of nitrogens with two attached hydrogens (primary N) is 1. The number of rotatable bonds is 5. The molecule has 0 heterocycles. The second kappa shape index (κ2) is 6.44. The van der Waals surface area contributed by atoms with Gasteiger partial charge in [0.2, 0.25) is 5.91 Å². The lowest BCUT2D eigenvalue weighted by molar-refractivity contribution is -0.133. The van der Waals surface area contributed by atoms with Gasteiger partial charge in [-0.15, -0.1) is 0 Å². The van der Waals surface area contributed by atoms with E-state index in [2.05, 4.69) is 26.1 Å². The highest BCUT2D eigenvalue weighted by molar-refractivity contribution is 5.79. The second-order valence-corrected chi connectivity index (χ2v) is 7.37. The van der Waals surface area contributed by atoms with Gasteiger partial charge in [-0.25, -0.2) is 0 Å². The first kappa shape index (κ1) is 17.4. The summed E-state index contributed by atoms with van der Waals surface area (Å²) < 4.78 is 0. The molecule has 0 aliphatic heterocycles. The molecule has 20 heavy (non-hydrogen) atoms. The van der Waals surface area contributed by atoms with Crippen molar-refractivity contribution in [2.24, 2.45) is 23.0 Å². The van der Waals surface area contributed by atoms with E-state index in [4.69, 9.17) is 5.73 Å². The van der Waals surface area contributed by atoms with Crippen LogP contribution in [0.15, 0.2) is 0 Å². The molecule has 0 radical (unpaired) electrons. The molecule has 0 saturated heterocycles. The summed E-state index contributed by atoms with van der Waals surface area (Å²) in [5, 5.41) is 13.1. The maximum Gasteiger partial charge on any atom is 0.223 e. The zero-order chi connectivity index (χ0) is 15.6. The fourth-order valence-corrected chi connectivity index (χ4v) is 3.35. The Morgan fingerprint density at radius 3 is 2.60 bits per heavy atom. The quantitative estimate of drug-likeness (QED) is 0.723. The van der Waals surface area contributed by atoms with Gasteiger partial charge < -0.3 is 16.2 Å². The third kappa shape index (κ3) is 3.95. The van der Waals surface area contributed by atoms with Crippen LogP contribution in [0.25, 0.3) is 0 Å². The van der Waals surface area contributed by atoms with E-state index in [0.717, 1.165) is 19.3 Å². The number of aliphatic hydroxyl groups is 1. The Morgan fingerprint density at radius 1 is 1.45 bits per heavy atom.